The number of phosphoric ester groups is 1. The normalized spacial score (nSPS) is 14.9. The van der Waals surface area contributed by atoms with Crippen molar-refractivity contribution in [3.8, 4) is 0 Å². The van der Waals surface area contributed by atoms with E-state index in [0.29, 0.717) is 13.0 Å². The quantitative estimate of drug-likeness (QED) is 0.0236. The first kappa shape index (κ1) is 53.9. The number of carbonyl (C=O) groups excluding carboxylic acids is 1. The van der Waals surface area contributed by atoms with Gasteiger partial charge in [-0.1, -0.05) is 156 Å². The number of unbranched alkanes of at least 4 members (excludes halogenated alkanes) is 10. The number of allylic oxidation sites excluding steroid dienone is 15. The number of esters is 1. The summed E-state index contributed by atoms with van der Waals surface area (Å²) in [6, 6.07) is -1.49. The first-order valence-electron chi connectivity index (χ1n) is 21.3. The Bertz CT molecular complexity index is 1270. The van der Waals surface area contributed by atoms with Crippen LogP contribution in [0.15, 0.2) is 97.2 Å². The van der Waals surface area contributed by atoms with Crippen molar-refractivity contribution < 1.29 is 42.7 Å². The van der Waals surface area contributed by atoms with Gasteiger partial charge in [-0.25, -0.2) is 4.57 Å². The largest absolute Gasteiger partial charge is 0.480 e. The van der Waals surface area contributed by atoms with E-state index in [4.69, 9.17) is 24.8 Å². The lowest BCUT2D eigenvalue weighted by Crippen LogP contribution is -2.34. The molecule has 11 heteroatoms. The highest BCUT2D eigenvalue weighted by Crippen LogP contribution is 2.43. The van der Waals surface area contributed by atoms with Crippen LogP contribution in [0.5, 0.6) is 0 Å². The lowest BCUT2D eigenvalue weighted by molar-refractivity contribution is -0.153. The van der Waals surface area contributed by atoms with Gasteiger partial charge in [0.25, 0.3) is 0 Å². The zero-order valence-electron chi connectivity index (χ0n) is 35.1. The minimum absolute atomic E-state index is 0.00969. The fourth-order valence-corrected chi connectivity index (χ4v) is 5.87. The predicted octanol–water partition coefficient (Wildman–Crippen LogP) is 11.8. The molecule has 0 amide bonds. The topological polar surface area (TPSA) is 155 Å². The molecule has 0 aliphatic heterocycles. The molecule has 0 rings (SSSR count). The predicted molar refractivity (Wildman–Crippen MR) is 235 cm³/mol. The zero-order valence-corrected chi connectivity index (χ0v) is 36.0. The van der Waals surface area contributed by atoms with Crippen molar-refractivity contribution in [1.29, 1.82) is 0 Å². The number of phosphoric acid groups is 1. The summed E-state index contributed by atoms with van der Waals surface area (Å²) < 4.78 is 33.2. The van der Waals surface area contributed by atoms with Crippen LogP contribution in [0.4, 0.5) is 0 Å². The van der Waals surface area contributed by atoms with Crippen LogP contribution in [0, 0.1) is 0 Å². The number of ether oxygens (including phenoxy) is 2. The van der Waals surface area contributed by atoms with E-state index in [-0.39, 0.29) is 13.0 Å². The Kier molecular flexibility index (Phi) is 38.8. The van der Waals surface area contributed by atoms with Crippen LogP contribution in [0.3, 0.4) is 0 Å². The molecule has 0 aromatic rings. The molecule has 0 saturated carbocycles. The minimum atomic E-state index is -4.65. The van der Waals surface area contributed by atoms with Gasteiger partial charge in [0.15, 0.2) is 0 Å². The highest BCUT2D eigenvalue weighted by molar-refractivity contribution is 7.47. The van der Waals surface area contributed by atoms with Crippen molar-refractivity contribution in [2.24, 2.45) is 5.73 Å². The molecule has 3 unspecified atom stereocenters. The van der Waals surface area contributed by atoms with Crippen molar-refractivity contribution in [2.45, 2.75) is 154 Å². The molecule has 0 spiro atoms. The minimum Gasteiger partial charge on any atom is -0.480 e. The first-order valence-corrected chi connectivity index (χ1v) is 22.8. The average molecular weight is 818 g/mol. The maximum atomic E-state index is 12.6. The van der Waals surface area contributed by atoms with Gasteiger partial charge >= 0.3 is 19.8 Å². The average Bonchev–Trinajstić information content (AvgIpc) is 3.19. The standard InChI is InChI=1S/C46H76NO9P/c1-3-5-7-9-11-13-15-17-19-20-21-22-23-25-27-29-31-33-35-37-39-53-40-43(41-54-57(51,52)55-42-44(47)46(49)50)56-45(48)38-36-34-32-30-28-26-24-18-16-14-12-10-8-6-4-2/h6,8,11-14,17-19,21-22,24,28,30,34,36,43-44H,3-5,7,9-10,15-16,20,23,25-27,29,31-33,35,37-42,47H2,1-2H3,(H,49,50)(H,51,52)/b8-6-,13-11-,14-12-,19-17-,22-21-,24-18-,30-28-,36-34-. The SMILES string of the molecule is CC/C=C\C/C=C\C/C=C\C/C=C\C/C=C\CC(=O)OC(COCCCCCCCCC/C=C\C/C=C\C/C=C\CCCCC)COP(=O)(O)OCC(N)C(=O)O. The lowest BCUT2D eigenvalue weighted by Gasteiger charge is -2.20. The molecule has 0 saturated heterocycles. The molecule has 0 radical (unpaired) electrons. The second-order valence-electron chi connectivity index (χ2n) is 13.7. The van der Waals surface area contributed by atoms with Crippen molar-refractivity contribution in [2.75, 3.05) is 26.4 Å². The first-order chi connectivity index (χ1) is 27.7. The third-order valence-corrected chi connectivity index (χ3v) is 9.33. The lowest BCUT2D eigenvalue weighted by atomic mass is 10.1. The molecule has 10 nitrogen and oxygen atoms in total. The second-order valence-corrected chi connectivity index (χ2v) is 15.2. The van der Waals surface area contributed by atoms with Crippen molar-refractivity contribution >= 4 is 19.8 Å². The molecular formula is C46H76NO9P. The van der Waals surface area contributed by atoms with Crippen LogP contribution in [0.2, 0.25) is 0 Å². The van der Waals surface area contributed by atoms with E-state index in [0.717, 1.165) is 64.2 Å². The Morgan fingerprint density at radius 1 is 0.579 bits per heavy atom. The van der Waals surface area contributed by atoms with Gasteiger partial charge in [-0.2, -0.15) is 0 Å². The Balaban J connectivity index is 4.40. The molecule has 3 atom stereocenters. The van der Waals surface area contributed by atoms with Gasteiger partial charge in [0.2, 0.25) is 0 Å². The zero-order chi connectivity index (χ0) is 41.9. The third-order valence-electron chi connectivity index (χ3n) is 8.38. The summed E-state index contributed by atoms with van der Waals surface area (Å²) in [6.07, 6.45) is 53.5. The van der Waals surface area contributed by atoms with Gasteiger partial charge in [-0.15, -0.1) is 0 Å². The van der Waals surface area contributed by atoms with E-state index in [1.807, 2.05) is 12.2 Å². The molecule has 0 aliphatic rings. The van der Waals surface area contributed by atoms with Gasteiger partial charge in [0.05, 0.1) is 26.2 Å². The van der Waals surface area contributed by atoms with E-state index >= 15 is 0 Å². The highest BCUT2D eigenvalue weighted by Gasteiger charge is 2.27. The fourth-order valence-electron chi connectivity index (χ4n) is 5.10. The number of aliphatic carboxylic acids is 1. The van der Waals surface area contributed by atoms with Crippen LogP contribution in [-0.4, -0.2) is 60.5 Å². The smallest absolute Gasteiger partial charge is 0.472 e. The van der Waals surface area contributed by atoms with Crippen LogP contribution in [0.1, 0.15) is 142 Å². The van der Waals surface area contributed by atoms with Crippen LogP contribution in [0.25, 0.3) is 0 Å². The van der Waals surface area contributed by atoms with Gasteiger partial charge in [-0.3, -0.25) is 18.6 Å². The van der Waals surface area contributed by atoms with Crippen molar-refractivity contribution in [3.05, 3.63) is 97.2 Å². The summed E-state index contributed by atoms with van der Waals surface area (Å²) in [4.78, 5) is 33.4. The number of hydrogen-bond donors (Lipinski definition) is 3. The summed E-state index contributed by atoms with van der Waals surface area (Å²) in [7, 11) is -4.65. The third kappa shape index (κ3) is 40.9. The summed E-state index contributed by atoms with van der Waals surface area (Å²) >= 11 is 0. The molecule has 4 N–H and O–H groups in total. The molecular weight excluding hydrogens is 741 g/mol. The van der Waals surface area contributed by atoms with Crippen LogP contribution >= 0.6 is 7.82 Å². The summed E-state index contributed by atoms with van der Waals surface area (Å²) in [5.74, 6) is -1.93. The van der Waals surface area contributed by atoms with E-state index in [9.17, 15) is 19.0 Å². The van der Waals surface area contributed by atoms with E-state index in [1.54, 1.807) is 6.08 Å². The number of rotatable bonds is 39. The maximum absolute atomic E-state index is 12.6. The fraction of sp³-hybridized carbons (Fsp3) is 0.609. The molecule has 0 bridgehead atoms. The Labute approximate surface area is 345 Å². The molecule has 324 valence electrons. The second kappa shape index (κ2) is 41.1. The Morgan fingerprint density at radius 2 is 1.02 bits per heavy atom. The highest BCUT2D eigenvalue weighted by atomic mass is 31.2. The summed E-state index contributed by atoms with van der Waals surface area (Å²) in [6.45, 7) is 3.56. The van der Waals surface area contributed by atoms with Crippen molar-refractivity contribution in [3.63, 3.8) is 0 Å². The monoisotopic (exact) mass is 818 g/mol. The number of hydrogen-bond acceptors (Lipinski definition) is 8. The van der Waals surface area contributed by atoms with E-state index in [2.05, 4.69) is 97.4 Å². The number of carboxylic acid groups (broad SMARTS) is 1. The summed E-state index contributed by atoms with van der Waals surface area (Å²) in [5.41, 5.74) is 5.34. The van der Waals surface area contributed by atoms with Crippen LogP contribution < -0.4 is 5.73 Å². The molecule has 0 aromatic heterocycles. The molecule has 0 fully saturated rings. The summed E-state index contributed by atoms with van der Waals surface area (Å²) in [5, 5.41) is 8.89. The van der Waals surface area contributed by atoms with Crippen molar-refractivity contribution in [1.82, 2.24) is 0 Å². The molecule has 57 heavy (non-hydrogen) atoms. The van der Waals surface area contributed by atoms with E-state index < -0.39 is 45.1 Å². The number of carboxylic acids is 1. The van der Waals surface area contributed by atoms with Gasteiger partial charge in [-0.05, 0) is 77.0 Å². The maximum Gasteiger partial charge on any atom is 0.472 e. The Morgan fingerprint density at radius 3 is 1.53 bits per heavy atom. The number of nitrogens with two attached hydrogens (primary N) is 1. The Hall–Kier alpha value is -3.11. The van der Waals surface area contributed by atoms with Gasteiger partial charge < -0.3 is 25.2 Å². The van der Waals surface area contributed by atoms with Gasteiger partial charge in [0, 0.05) is 6.61 Å². The molecule has 0 heterocycles. The van der Waals surface area contributed by atoms with E-state index in [1.165, 1.54) is 51.4 Å². The number of carbonyl (C=O) groups is 2. The molecule has 0 aliphatic carbocycles. The molecule has 0 aromatic carbocycles. The van der Waals surface area contributed by atoms with Crippen LogP contribution in [-0.2, 0) is 32.7 Å². The van der Waals surface area contributed by atoms with Gasteiger partial charge in [0.1, 0.15) is 12.1 Å².